The minimum absolute atomic E-state index is 0.390. The van der Waals surface area contributed by atoms with E-state index in [2.05, 4.69) is 32.1 Å². The highest BCUT2D eigenvalue weighted by Crippen LogP contribution is 2.30. The van der Waals surface area contributed by atoms with Crippen LogP contribution in [0.4, 0.5) is 11.9 Å². The van der Waals surface area contributed by atoms with Gasteiger partial charge < -0.3 is 19.7 Å². The number of methoxy groups -OCH3 is 1. The molecule has 0 bridgehead atoms. The molecule has 21 heavy (non-hydrogen) atoms. The Kier molecular flexibility index (Phi) is 5.98. The van der Waals surface area contributed by atoms with Crippen LogP contribution in [0.25, 0.3) is 0 Å². The van der Waals surface area contributed by atoms with Gasteiger partial charge >= 0.3 is 6.01 Å². The first-order chi connectivity index (χ1) is 10.3. The number of hydrogen-bond acceptors (Lipinski definition) is 7. The molecule has 7 nitrogen and oxygen atoms in total. The van der Waals surface area contributed by atoms with Crippen LogP contribution in [0.1, 0.15) is 33.1 Å². The summed E-state index contributed by atoms with van der Waals surface area (Å²) < 4.78 is 10.8. The van der Waals surface area contributed by atoms with Gasteiger partial charge in [0.15, 0.2) is 0 Å². The smallest absolute Gasteiger partial charge is 0.323 e. The summed E-state index contributed by atoms with van der Waals surface area (Å²) >= 11 is 0. The van der Waals surface area contributed by atoms with Crippen LogP contribution in [0.15, 0.2) is 0 Å². The second-order valence-electron chi connectivity index (χ2n) is 5.04. The van der Waals surface area contributed by atoms with Crippen molar-refractivity contribution in [2.75, 3.05) is 43.6 Å². The Labute approximate surface area is 126 Å². The van der Waals surface area contributed by atoms with E-state index in [1.54, 1.807) is 7.11 Å². The van der Waals surface area contributed by atoms with Crippen LogP contribution in [-0.4, -0.2) is 54.4 Å². The van der Waals surface area contributed by atoms with Crippen molar-refractivity contribution in [1.82, 2.24) is 15.0 Å². The molecule has 1 aromatic heterocycles. The molecule has 7 heteroatoms. The van der Waals surface area contributed by atoms with E-state index in [1.165, 1.54) is 12.8 Å². The molecule has 1 saturated carbocycles. The molecular formula is C14H25N5O2. The zero-order valence-corrected chi connectivity index (χ0v) is 13.1. The number of nitrogens with one attached hydrogen (secondary N) is 1. The number of hydrogen-bond donors (Lipinski definition) is 1. The fraction of sp³-hybridized carbons (Fsp3) is 0.786. The van der Waals surface area contributed by atoms with E-state index in [4.69, 9.17) is 9.47 Å². The van der Waals surface area contributed by atoms with E-state index in [9.17, 15) is 0 Å². The number of aromatic nitrogens is 3. The molecule has 0 unspecified atom stereocenters. The average Bonchev–Trinajstić information content (AvgIpc) is 3.30. The second kappa shape index (κ2) is 7.97. The topological polar surface area (TPSA) is 72.4 Å². The lowest BCUT2D eigenvalue weighted by Crippen LogP contribution is -2.31. The Morgan fingerprint density at radius 1 is 1.19 bits per heavy atom. The molecule has 1 fully saturated rings. The van der Waals surface area contributed by atoms with E-state index in [1.807, 2.05) is 6.92 Å². The zero-order valence-electron chi connectivity index (χ0n) is 13.1. The molecule has 0 saturated heterocycles. The van der Waals surface area contributed by atoms with Gasteiger partial charge in [-0.05, 0) is 26.2 Å². The van der Waals surface area contributed by atoms with Gasteiger partial charge in [-0.3, -0.25) is 0 Å². The van der Waals surface area contributed by atoms with Gasteiger partial charge in [-0.25, -0.2) is 0 Å². The third kappa shape index (κ3) is 4.70. The number of ether oxygens (including phenoxy) is 2. The van der Waals surface area contributed by atoms with Crippen LogP contribution in [0.2, 0.25) is 0 Å². The van der Waals surface area contributed by atoms with Crippen molar-refractivity contribution in [2.45, 2.75) is 39.2 Å². The van der Waals surface area contributed by atoms with Gasteiger partial charge in [0.25, 0.3) is 0 Å². The normalized spacial score (nSPS) is 14.0. The van der Waals surface area contributed by atoms with Crippen molar-refractivity contribution in [2.24, 2.45) is 0 Å². The van der Waals surface area contributed by atoms with Crippen molar-refractivity contribution in [3.63, 3.8) is 0 Å². The van der Waals surface area contributed by atoms with Gasteiger partial charge in [-0.15, -0.1) is 0 Å². The van der Waals surface area contributed by atoms with Crippen molar-refractivity contribution in [1.29, 1.82) is 0 Å². The van der Waals surface area contributed by atoms with E-state index in [0.29, 0.717) is 37.2 Å². The predicted molar refractivity (Wildman–Crippen MR) is 82.0 cm³/mol. The van der Waals surface area contributed by atoms with Gasteiger partial charge in [-0.2, -0.15) is 15.0 Å². The van der Waals surface area contributed by atoms with Gasteiger partial charge in [-0.1, -0.05) is 6.92 Å². The SMILES string of the molecule is CCCOc1nc(NCC)nc(N(CCOC)C2CC2)n1. The van der Waals surface area contributed by atoms with Crippen LogP contribution in [-0.2, 0) is 4.74 Å². The monoisotopic (exact) mass is 295 g/mol. The van der Waals surface area contributed by atoms with Gasteiger partial charge in [0, 0.05) is 26.2 Å². The maximum Gasteiger partial charge on any atom is 0.323 e. The van der Waals surface area contributed by atoms with Crippen molar-refractivity contribution in [3.05, 3.63) is 0 Å². The number of rotatable bonds is 10. The highest BCUT2D eigenvalue weighted by Gasteiger charge is 2.31. The highest BCUT2D eigenvalue weighted by atomic mass is 16.5. The Hall–Kier alpha value is -1.63. The maximum absolute atomic E-state index is 5.58. The molecule has 1 aromatic rings. The minimum Gasteiger partial charge on any atom is -0.463 e. The summed E-state index contributed by atoms with van der Waals surface area (Å²) in [7, 11) is 1.71. The predicted octanol–water partition coefficient (Wildman–Crippen LogP) is 1.71. The van der Waals surface area contributed by atoms with Crippen molar-refractivity contribution >= 4 is 11.9 Å². The molecule has 0 spiro atoms. The van der Waals surface area contributed by atoms with E-state index in [0.717, 1.165) is 19.5 Å². The third-order valence-corrected chi connectivity index (χ3v) is 3.15. The lowest BCUT2D eigenvalue weighted by atomic mass is 10.5. The Morgan fingerprint density at radius 3 is 2.62 bits per heavy atom. The van der Waals surface area contributed by atoms with Gasteiger partial charge in [0.1, 0.15) is 0 Å². The summed E-state index contributed by atoms with van der Waals surface area (Å²) in [5.41, 5.74) is 0. The van der Waals surface area contributed by atoms with Gasteiger partial charge in [0.2, 0.25) is 11.9 Å². The van der Waals surface area contributed by atoms with E-state index >= 15 is 0 Å². The Bertz CT molecular complexity index is 439. The third-order valence-electron chi connectivity index (χ3n) is 3.15. The van der Waals surface area contributed by atoms with Crippen LogP contribution in [0.5, 0.6) is 6.01 Å². The van der Waals surface area contributed by atoms with Crippen LogP contribution in [0.3, 0.4) is 0 Å². The van der Waals surface area contributed by atoms with Gasteiger partial charge in [0.05, 0.1) is 13.2 Å². The highest BCUT2D eigenvalue weighted by molar-refractivity contribution is 5.40. The summed E-state index contributed by atoms with van der Waals surface area (Å²) in [5, 5.41) is 3.13. The minimum atomic E-state index is 0.390. The largest absolute Gasteiger partial charge is 0.463 e. The molecule has 0 amide bonds. The van der Waals surface area contributed by atoms with Crippen molar-refractivity contribution < 1.29 is 9.47 Å². The lowest BCUT2D eigenvalue weighted by Gasteiger charge is -2.22. The Balaban J connectivity index is 2.19. The second-order valence-corrected chi connectivity index (χ2v) is 5.04. The molecule has 2 rings (SSSR count). The van der Waals surface area contributed by atoms with Crippen LogP contribution in [0, 0.1) is 0 Å². The fourth-order valence-electron chi connectivity index (χ4n) is 1.99. The zero-order chi connectivity index (χ0) is 15.1. The first-order valence-electron chi connectivity index (χ1n) is 7.66. The summed E-state index contributed by atoms with van der Waals surface area (Å²) in [6.07, 6.45) is 3.28. The molecule has 0 aromatic carbocycles. The Morgan fingerprint density at radius 2 is 2.00 bits per heavy atom. The molecule has 1 aliphatic carbocycles. The first-order valence-corrected chi connectivity index (χ1v) is 7.66. The lowest BCUT2D eigenvalue weighted by molar-refractivity contribution is 0.204. The van der Waals surface area contributed by atoms with Crippen LogP contribution < -0.4 is 15.0 Å². The maximum atomic E-state index is 5.58. The summed E-state index contributed by atoms with van der Waals surface area (Å²) in [6.45, 7) is 6.88. The molecule has 0 aliphatic heterocycles. The molecule has 1 aliphatic rings. The first kappa shape index (κ1) is 15.8. The summed E-state index contributed by atoms with van der Waals surface area (Å²) in [6, 6.07) is 0.900. The fourth-order valence-corrected chi connectivity index (χ4v) is 1.99. The molecule has 1 heterocycles. The standard InChI is InChI=1S/C14H25N5O2/c1-4-9-21-14-17-12(15-5-2)16-13(18-14)19(8-10-20-3)11-6-7-11/h11H,4-10H2,1-3H3,(H,15,16,17,18). The molecule has 118 valence electrons. The number of nitrogens with zero attached hydrogens (tertiary/aromatic N) is 4. The van der Waals surface area contributed by atoms with Crippen LogP contribution >= 0.6 is 0 Å². The quantitative estimate of drug-likeness (QED) is 0.704. The average molecular weight is 295 g/mol. The molecule has 0 atom stereocenters. The summed E-state index contributed by atoms with van der Waals surface area (Å²) in [4.78, 5) is 15.4. The summed E-state index contributed by atoms with van der Waals surface area (Å²) in [5.74, 6) is 1.24. The van der Waals surface area contributed by atoms with E-state index < -0.39 is 0 Å². The molecule has 0 radical (unpaired) electrons. The number of anilines is 2. The molecule has 1 N–H and O–H groups in total. The van der Waals surface area contributed by atoms with Crippen molar-refractivity contribution in [3.8, 4) is 6.01 Å². The van der Waals surface area contributed by atoms with E-state index in [-0.39, 0.29) is 0 Å². The molecular weight excluding hydrogens is 270 g/mol.